The summed E-state index contributed by atoms with van der Waals surface area (Å²) in [6.45, 7) is 2.20. The van der Waals surface area contributed by atoms with E-state index in [1.54, 1.807) is 20.1 Å². The van der Waals surface area contributed by atoms with Gasteiger partial charge in [-0.05, 0) is 37.6 Å². The molecule has 1 heterocycles. The summed E-state index contributed by atoms with van der Waals surface area (Å²) in [5.74, 6) is 0.229. The lowest BCUT2D eigenvalue weighted by molar-refractivity contribution is -0.140. The molecule has 23 heavy (non-hydrogen) atoms. The van der Waals surface area contributed by atoms with E-state index in [2.05, 4.69) is 15.0 Å². The van der Waals surface area contributed by atoms with Crippen molar-refractivity contribution >= 4 is 22.8 Å². The highest BCUT2D eigenvalue weighted by Crippen LogP contribution is 2.21. The molecule has 1 aromatic carbocycles. The molecule has 0 aliphatic carbocycles. The van der Waals surface area contributed by atoms with Crippen LogP contribution in [0.25, 0.3) is 10.9 Å². The van der Waals surface area contributed by atoms with Crippen molar-refractivity contribution in [2.75, 3.05) is 20.8 Å². The van der Waals surface area contributed by atoms with Gasteiger partial charge >= 0.3 is 5.97 Å². The number of carbonyl (C=O) groups excluding carboxylic acids is 2. The third-order valence-corrected chi connectivity index (χ3v) is 3.53. The van der Waals surface area contributed by atoms with E-state index in [-0.39, 0.29) is 18.3 Å². The topological polar surface area (TPSA) is 77.5 Å². The highest BCUT2D eigenvalue weighted by molar-refractivity contribution is 5.98. The average molecular weight is 316 g/mol. The number of ether oxygens (including phenoxy) is 2. The number of nitrogens with zero attached hydrogens (tertiary/aromatic N) is 1. The summed E-state index contributed by atoms with van der Waals surface area (Å²) in [5.41, 5.74) is 1.99. The molecule has 0 radical (unpaired) electrons. The fourth-order valence-electron chi connectivity index (χ4n) is 2.24. The van der Waals surface area contributed by atoms with Crippen LogP contribution in [0.4, 0.5) is 0 Å². The first-order valence-corrected chi connectivity index (χ1v) is 7.35. The van der Waals surface area contributed by atoms with E-state index in [1.165, 1.54) is 7.11 Å². The molecule has 0 aliphatic rings. The predicted octanol–water partition coefficient (Wildman–Crippen LogP) is 2.23. The Bertz CT molecular complexity index is 728. The van der Waals surface area contributed by atoms with Gasteiger partial charge in [-0.2, -0.15) is 0 Å². The summed E-state index contributed by atoms with van der Waals surface area (Å²) in [6, 6.07) is 7.34. The number of carbonyl (C=O) groups is 2. The van der Waals surface area contributed by atoms with Crippen molar-refractivity contribution in [3.8, 4) is 5.75 Å². The monoisotopic (exact) mass is 316 g/mol. The number of hydrogen-bond donors (Lipinski definition) is 1. The molecule has 0 fully saturated rings. The second-order valence-electron chi connectivity index (χ2n) is 5.12. The van der Waals surface area contributed by atoms with E-state index in [9.17, 15) is 9.59 Å². The van der Waals surface area contributed by atoms with Crippen LogP contribution in [-0.2, 0) is 9.53 Å². The van der Waals surface area contributed by atoms with Crippen molar-refractivity contribution in [3.63, 3.8) is 0 Å². The maximum absolute atomic E-state index is 12.3. The fraction of sp³-hybridized carbons (Fsp3) is 0.353. The van der Waals surface area contributed by atoms with Crippen LogP contribution in [0.1, 0.15) is 28.9 Å². The lowest BCUT2D eigenvalue weighted by atomic mass is 10.1. The Labute approximate surface area is 134 Å². The minimum Gasteiger partial charge on any atom is -0.497 e. The number of aromatic nitrogens is 1. The molecule has 0 atom stereocenters. The first-order valence-electron chi connectivity index (χ1n) is 7.35. The summed E-state index contributed by atoms with van der Waals surface area (Å²) < 4.78 is 9.75. The Morgan fingerprint density at radius 1 is 1.22 bits per heavy atom. The Morgan fingerprint density at radius 3 is 2.70 bits per heavy atom. The predicted molar refractivity (Wildman–Crippen MR) is 86.6 cm³/mol. The summed E-state index contributed by atoms with van der Waals surface area (Å²) in [6.07, 6.45) is 0.815. The summed E-state index contributed by atoms with van der Waals surface area (Å²) in [7, 11) is 2.94. The Morgan fingerprint density at radius 2 is 2.00 bits per heavy atom. The zero-order valence-corrected chi connectivity index (χ0v) is 13.5. The number of methoxy groups -OCH3 is 2. The van der Waals surface area contributed by atoms with Gasteiger partial charge in [0.15, 0.2) is 0 Å². The van der Waals surface area contributed by atoms with Crippen molar-refractivity contribution in [2.45, 2.75) is 19.8 Å². The van der Waals surface area contributed by atoms with Crippen LogP contribution < -0.4 is 10.1 Å². The quantitative estimate of drug-likeness (QED) is 0.653. The fourth-order valence-corrected chi connectivity index (χ4v) is 2.24. The highest BCUT2D eigenvalue weighted by atomic mass is 16.5. The van der Waals surface area contributed by atoms with Gasteiger partial charge in [0.05, 0.1) is 31.0 Å². The maximum Gasteiger partial charge on any atom is 0.305 e. The van der Waals surface area contributed by atoms with Crippen LogP contribution in [0.2, 0.25) is 0 Å². The molecule has 2 aromatic rings. The standard InChI is InChI=1S/C17H20N2O4/c1-11-14(17(21)18-8-4-5-16(20)23-3)10-12-9-13(22-2)6-7-15(12)19-11/h6-7,9-10H,4-5,8H2,1-3H3,(H,18,21). The van der Waals surface area contributed by atoms with Gasteiger partial charge in [0.25, 0.3) is 5.91 Å². The Hall–Kier alpha value is -2.63. The molecule has 6 heteroatoms. The Balaban J connectivity index is 2.10. The smallest absolute Gasteiger partial charge is 0.305 e. The number of pyridine rings is 1. The van der Waals surface area contributed by atoms with Gasteiger partial charge in [0, 0.05) is 18.4 Å². The molecule has 122 valence electrons. The number of rotatable bonds is 6. The van der Waals surface area contributed by atoms with Crippen molar-refractivity contribution in [1.29, 1.82) is 0 Å². The second kappa shape index (κ2) is 7.58. The third kappa shape index (κ3) is 4.18. The van der Waals surface area contributed by atoms with E-state index in [0.717, 1.165) is 10.9 Å². The lowest BCUT2D eigenvalue weighted by Crippen LogP contribution is -2.26. The normalized spacial score (nSPS) is 10.4. The first kappa shape index (κ1) is 16.7. The van der Waals surface area contributed by atoms with Gasteiger partial charge < -0.3 is 14.8 Å². The number of fused-ring (bicyclic) bond motifs is 1. The van der Waals surface area contributed by atoms with E-state index in [4.69, 9.17) is 4.74 Å². The van der Waals surface area contributed by atoms with Crippen LogP contribution in [-0.4, -0.2) is 37.6 Å². The van der Waals surface area contributed by atoms with E-state index >= 15 is 0 Å². The van der Waals surface area contributed by atoms with Crippen molar-refractivity contribution in [3.05, 3.63) is 35.5 Å². The largest absolute Gasteiger partial charge is 0.497 e. The van der Waals surface area contributed by atoms with Gasteiger partial charge in [0.2, 0.25) is 0 Å². The molecule has 1 N–H and O–H groups in total. The molecular weight excluding hydrogens is 296 g/mol. The molecule has 1 amide bonds. The van der Waals surface area contributed by atoms with Crippen LogP contribution >= 0.6 is 0 Å². The molecule has 0 bridgehead atoms. The first-order chi connectivity index (χ1) is 11.0. The summed E-state index contributed by atoms with van der Waals surface area (Å²) >= 11 is 0. The minimum atomic E-state index is -0.283. The summed E-state index contributed by atoms with van der Waals surface area (Å²) in [5, 5.41) is 3.64. The molecule has 2 rings (SSSR count). The van der Waals surface area contributed by atoms with Crippen molar-refractivity contribution in [1.82, 2.24) is 10.3 Å². The highest BCUT2D eigenvalue weighted by Gasteiger charge is 2.12. The number of nitrogens with one attached hydrogen (secondary N) is 1. The van der Waals surface area contributed by atoms with Gasteiger partial charge in [-0.25, -0.2) is 0 Å². The van der Waals surface area contributed by atoms with Crippen LogP contribution in [0.5, 0.6) is 5.75 Å². The Kier molecular flexibility index (Phi) is 5.51. The number of esters is 1. The molecule has 1 aromatic heterocycles. The minimum absolute atomic E-state index is 0.204. The number of aryl methyl sites for hydroxylation is 1. The van der Waals surface area contributed by atoms with E-state index in [0.29, 0.717) is 30.0 Å². The van der Waals surface area contributed by atoms with Crippen molar-refractivity contribution < 1.29 is 19.1 Å². The maximum atomic E-state index is 12.3. The van der Waals surface area contributed by atoms with Crippen LogP contribution in [0.3, 0.4) is 0 Å². The molecular formula is C17H20N2O4. The zero-order valence-electron chi connectivity index (χ0n) is 13.5. The van der Waals surface area contributed by atoms with E-state index < -0.39 is 0 Å². The van der Waals surface area contributed by atoms with Crippen molar-refractivity contribution in [2.24, 2.45) is 0 Å². The van der Waals surface area contributed by atoms with Crippen LogP contribution in [0.15, 0.2) is 24.3 Å². The molecule has 6 nitrogen and oxygen atoms in total. The van der Waals surface area contributed by atoms with Gasteiger partial charge in [-0.15, -0.1) is 0 Å². The van der Waals surface area contributed by atoms with E-state index in [1.807, 2.05) is 18.2 Å². The molecule has 0 saturated carbocycles. The zero-order chi connectivity index (χ0) is 16.8. The molecule has 0 spiro atoms. The summed E-state index contributed by atoms with van der Waals surface area (Å²) in [4.78, 5) is 27.8. The molecule has 0 unspecified atom stereocenters. The second-order valence-corrected chi connectivity index (χ2v) is 5.12. The number of amides is 1. The number of benzene rings is 1. The van der Waals surface area contributed by atoms with Gasteiger partial charge in [0.1, 0.15) is 5.75 Å². The lowest BCUT2D eigenvalue weighted by Gasteiger charge is -2.09. The molecule has 0 aliphatic heterocycles. The van der Waals surface area contributed by atoms with Gasteiger partial charge in [-0.3, -0.25) is 14.6 Å². The third-order valence-electron chi connectivity index (χ3n) is 3.53. The van der Waals surface area contributed by atoms with Gasteiger partial charge in [-0.1, -0.05) is 0 Å². The SMILES string of the molecule is COC(=O)CCCNC(=O)c1cc2cc(OC)ccc2nc1C. The average Bonchev–Trinajstić information content (AvgIpc) is 2.57. The van der Waals surface area contributed by atoms with Crippen LogP contribution in [0, 0.1) is 6.92 Å². The number of hydrogen-bond acceptors (Lipinski definition) is 5. The molecule has 0 saturated heterocycles.